The molecule has 6 rings (SSSR count). The van der Waals surface area contributed by atoms with E-state index in [0.29, 0.717) is 11.8 Å². The fourth-order valence-electron chi connectivity index (χ4n) is 4.39. The Morgan fingerprint density at radius 3 is 2.58 bits per heavy atom. The average Bonchev–Trinajstić information content (AvgIpc) is 3.45. The van der Waals surface area contributed by atoms with Crippen LogP contribution in [-0.4, -0.2) is 34.1 Å². The number of fused-ring (bicyclic) bond motifs is 1. The van der Waals surface area contributed by atoms with Crippen LogP contribution in [0.15, 0.2) is 72.5 Å². The van der Waals surface area contributed by atoms with Gasteiger partial charge in [-0.1, -0.05) is 17.5 Å². The van der Waals surface area contributed by atoms with Crippen molar-refractivity contribution in [2.75, 3.05) is 24.1 Å². The van der Waals surface area contributed by atoms with Crippen molar-refractivity contribution in [2.45, 2.75) is 24.3 Å². The minimum Gasteiger partial charge on any atom is -0.675 e. The number of anilines is 3. The van der Waals surface area contributed by atoms with Crippen molar-refractivity contribution in [3.63, 3.8) is 0 Å². The van der Waals surface area contributed by atoms with Gasteiger partial charge in [-0.25, -0.2) is 15.0 Å². The summed E-state index contributed by atoms with van der Waals surface area (Å²) >= 11 is 1.68. The zero-order chi connectivity index (χ0) is 24.3. The van der Waals surface area contributed by atoms with Crippen LogP contribution in [-0.2, 0) is 0 Å². The molecule has 8 nitrogen and oxygen atoms in total. The molecule has 0 aliphatic carbocycles. The second-order valence-electron chi connectivity index (χ2n) is 8.81. The van der Waals surface area contributed by atoms with E-state index in [4.69, 9.17) is 15.5 Å². The van der Waals surface area contributed by atoms with E-state index in [-0.39, 0.29) is 11.5 Å². The number of thioether (sulfide) groups is 1. The lowest BCUT2D eigenvalue weighted by Crippen LogP contribution is -2.34. The van der Waals surface area contributed by atoms with Crippen molar-refractivity contribution >= 4 is 40.1 Å². The Labute approximate surface area is 213 Å². The summed E-state index contributed by atoms with van der Waals surface area (Å²) in [5.74, 6) is 1.90. The number of pyridine rings is 1. The first-order valence-electron chi connectivity index (χ1n) is 12.0. The first-order valence-corrected chi connectivity index (χ1v) is 12.9. The number of nitrogens with one attached hydrogen (secondary N) is 2. The predicted molar refractivity (Wildman–Crippen MR) is 146 cm³/mol. The highest BCUT2D eigenvalue weighted by Gasteiger charge is 2.19. The van der Waals surface area contributed by atoms with Crippen LogP contribution in [0.25, 0.3) is 27.3 Å². The Morgan fingerprint density at radius 2 is 1.83 bits per heavy atom. The SMILES string of the molecule is Nc1ccc(-c2ccc(Nc3ncc4cc(C5[N-]C=CS5)c(OC5CCNCC5)cc4n3)cc2)cn1. The fraction of sp³-hybridized carbons (Fsp3) is 0.222. The van der Waals surface area contributed by atoms with Gasteiger partial charge in [-0.05, 0) is 72.8 Å². The van der Waals surface area contributed by atoms with E-state index >= 15 is 0 Å². The third kappa shape index (κ3) is 4.93. The Kier molecular flexibility index (Phi) is 6.31. The van der Waals surface area contributed by atoms with Crippen molar-refractivity contribution in [3.05, 3.63) is 83.4 Å². The van der Waals surface area contributed by atoms with E-state index in [1.54, 1.807) is 24.0 Å². The summed E-state index contributed by atoms with van der Waals surface area (Å²) in [6.45, 7) is 1.95. The molecule has 182 valence electrons. The molecule has 2 aliphatic heterocycles. The maximum Gasteiger partial charge on any atom is 0.227 e. The van der Waals surface area contributed by atoms with Crippen LogP contribution in [0.2, 0.25) is 0 Å². The summed E-state index contributed by atoms with van der Waals surface area (Å²) in [6, 6.07) is 16.0. The molecule has 4 heterocycles. The van der Waals surface area contributed by atoms with E-state index in [9.17, 15) is 0 Å². The van der Waals surface area contributed by atoms with Crippen molar-refractivity contribution in [1.82, 2.24) is 20.3 Å². The minimum atomic E-state index is -0.00122. The minimum absolute atomic E-state index is 0.00122. The monoisotopic (exact) mass is 496 g/mol. The smallest absolute Gasteiger partial charge is 0.227 e. The van der Waals surface area contributed by atoms with E-state index in [0.717, 1.165) is 65.0 Å². The molecule has 9 heteroatoms. The molecule has 2 aliphatic rings. The molecule has 0 spiro atoms. The van der Waals surface area contributed by atoms with Gasteiger partial charge < -0.3 is 26.4 Å². The molecule has 4 aromatic rings. The van der Waals surface area contributed by atoms with Gasteiger partial charge in [-0.3, -0.25) is 0 Å². The highest BCUT2D eigenvalue weighted by atomic mass is 32.2. The highest BCUT2D eigenvalue weighted by molar-refractivity contribution is 8.02. The number of piperidine rings is 1. The third-order valence-corrected chi connectivity index (χ3v) is 7.22. The fourth-order valence-corrected chi connectivity index (χ4v) is 5.15. The molecule has 2 aromatic carbocycles. The number of nitrogens with zero attached hydrogens (tertiary/aromatic N) is 4. The van der Waals surface area contributed by atoms with Crippen LogP contribution in [0, 0.1) is 0 Å². The summed E-state index contributed by atoms with van der Waals surface area (Å²) in [7, 11) is 0. The first kappa shape index (κ1) is 22.6. The Balaban J connectivity index is 1.26. The standard InChI is InChI=1S/C27H26N7OS/c28-25-6-3-18(15-31-25)17-1-4-20(5-2-17)33-27-32-16-19-13-22(26-30-11-12-36-26)24(14-23(19)34-27)35-21-7-9-29-10-8-21/h1-6,11-16,21,26,29H,7-10H2,(H2,28,31)(H,32,33,34)/q-1. The van der Waals surface area contributed by atoms with E-state index in [2.05, 4.69) is 32.0 Å². The summed E-state index contributed by atoms with van der Waals surface area (Å²) < 4.78 is 6.49. The summed E-state index contributed by atoms with van der Waals surface area (Å²) in [6.07, 6.45) is 7.65. The van der Waals surface area contributed by atoms with Crippen LogP contribution in [0.3, 0.4) is 0 Å². The number of hydrogen-bond donors (Lipinski definition) is 3. The maximum absolute atomic E-state index is 6.49. The van der Waals surface area contributed by atoms with Gasteiger partial charge >= 0.3 is 0 Å². The molecule has 0 saturated carbocycles. The quantitative estimate of drug-likeness (QED) is 0.310. The molecule has 1 saturated heterocycles. The van der Waals surface area contributed by atoms with E-state index in [1.807, 2.05) is 54.2 Å². The summed E-state index contributed by atoms with van der Waals surface area (Å²) in [5, 5.41) is 14.3. The molecule has 36 heavy (non-hydrogen) atoms. The molecular weight excluding hydrogens is 470 g/mol. The third-order valence-electron chi connectivity index (χ3n) is 6.31. The number of aromatic nitrogens is 3. The number of nitrogen functional groups attached to an aromatic ring is 1. The average molecular weight is 497 g/mol. The number of ether oxygens (including phenoxy) is 1. The molecule has 1 unspecified atom stereocenters. The van der Waals surface area contributed by atoms with Crippen LogP contribution >= 0.6 is 11.8 Å². The van der Waals surface area contributed by atoms with Crippen molar-refractivity contribution < 1.29 is 4.74 Å². The van der Waals surface area contributed by atoms with Crippen LogP contribution in [0.5, 0.6) is 5.75 Å². The molecule has 2 aromatic heterocycles. The second kappa shape index (κ2) is 10.0. The molecule has 0 bridgehead atoms. The topological polar surface area (TPSA) is 112 Å². The molecule has 0 amide bonds. The van der Waals surface area contributed by atoms with Gasteiger partial charge in [0.2, 0.25) is 5.95 Å². The van der Waals surface area contributed by atoms with Gasteiger partial charge in [-0.2, -0.15) is 6.20 Å². The lowest BCUT2D eigenvalue weighted by molar-refractivity contribution is 0.161. The lowest BCUT2D eigenvalue weighted by Gasteiger charge is -2.29. The molecular formula is C27H26N7OS-. The molecule has 4 N–H and O–H groups in total. The Morgan fingerprint density at radius 1 is 1.00 bits per heavy atom. The van der Waals surface area contributed by atoms with Gasteiger partial charge in [0.05, 0.1) is 5.52 Å². The highest BCUT2D eigenvalue weighted by Crippen LogP contribution is 2.45. The van der Waals surface area contributed by atoms with Crippen molar-refractivity contribution in [2.24, 2.45) is 0 Å². The van der Waals surface area contributed by atoms with Gasteiger partial charge in [0.1, 0.15) is 17.7 Å². The predicted octanol–water partition coefficient (Wildman–Crippen LogP) is 5.74. The lowest BCUT2D eigenvalue weighted by atomic mass is 10.1. The number of nitrogens with two attached hydrogens (primary N) is 1. The van der Waals surface area contributed by atoms with Gasteiger partial charge in [0, 0.05) is 35.1 Å². The zero-order valence-corrected chi connectivity index (χ0v) is 20.4. The van der Waals surface area contributed by atoms with Gasteiger partial charge in [-0.15, -0.1) is 11.8 Å². The number of hydrogen-bond acceptors (Lipinski definition) is 8. The molecule has 1 fully saturated rings. The first-order chi connectivity index (χ1) is 17.7. The molecule has 1 atom stereocenters. The second-order valence-corrected chi connectivity index (χ2v) is 9.80. The summed E-state index contributed by atoms with van der Waals surface area (Å²) in [4.78, 5) is 13.5. The van der Waals surface area contributed by atoms with Crippen molar-refractivity contribution in [3.8, 4) is 16.9 Å². The van der Waals surface area contributed by atoms with E-state index in [1.165, 1.54) is 0 Å². The maximum atomic E-state index is 6.49. The zero-order valence-electron chi connectivity index (χ0n) is 19.6. The number of rotatable bonds is 6. The van der Waals surface area contributed by atoms with Crippen LogP contribution in [0.1, 0.15) is 23.8 Å². The Bertz CT molecular complexity index is 1380. The Hall–Kier alpha value is -3.82. The van der Waals surface area contributed by atoms with Gasteiger partial charge in [0.15, 0.2) is 0 Å². The van der Waals surface area contributed by atoms with Crippen LogP contribution < -0.4 is 21.1 Å². The van der Waals surface area contributed by atoms with Crippen molar-refractivity contribution in [1.29, 1.82) is 0 Å². The number of benzene rings is 2. The van der Waals surface area contributed by atoms with E-state index < -0.39 is 0 Å². The molecule has 0 radical (unpaired) electrons. The van der Waals surface area contributed by atoms with Gasteiger partial charge in [0.25, 0.3) is 0 Å². The largest absolute Gasteiger partial charge is 0.675 e. The normalized spacial score (nSPS) is 17.7. The van der Waals surface area contributed by atoms with Crippen LogP contribution in [0.4, 0.5) is 17.5 Å². The summed E-state index contributed by atoms with van der Waals surface area (Å²) in [5.41, 5.74) is 10.6.